The van der Waals surface area contributed by atoms with Gasteiger partial charge in [0.05, 0.1) is 31.0 Å². The van der Waals surface area contributed by atoms with Crippen LogP contribution in [0.5, 0.6) is 17.2 Å². The summed E-state index contributed by atoms with van der Waals surface area (Å²) in [6.45, 7) is 1.04. The molecule has 4 aromatic carbocycles. The second-order valence-corrected chi connectivity index (χ2v) is 11.9. The Balaban J connectivity index is 1.38. The van der Waals surface area contributed by atoms with Gasteiger partial charge in [-0.05, 0) is 91.3 Å². The first kappa shape index (κ1) is 32.8. The molecule has 0 radical (unpaired) electrons. The molecule has 2 N–H and O–H groups in total. The van der Waals surface area contributed by atoms with Crippen molar-refractivity contribution in [2.75, 3.05) is 37.0 Å². The number of benzene rings is 4. The Kier molecular flexibility index (Phi) is 11.0. The van der Waals surface area contributed by atoms with Crippen molar-refractivity contribution >= 4 is 51.0 Å². The first-order chi connectivity index (χ1) is 21.6. The largest absolute Gasteiger partial charge is 0.497 e. The Labute approximate surface area is 266 Å². The standard InChI is InChI=1S/C32H31ClN4O7S/c1-22-4-15-28(16-5-22)45(40,41)37(29-18-24(33)8-17-30(29)43-3)20-31(38)36-34-19-23-6-11-27(12-7-23)44-21-32(39)35-25-9-13-26(42-2)14-10-25/h4-19H,20-21H2,1-3H3,(H,35,39)(H,36,38)/b34-19-. The fourth-order valence-corrected chi connectivity index (χ4v) is 5.60. The molecule has 0 unspecified atom stereocenters. The zero-order valence-corrected chi connectivity index (χ0v) is 26.3. The van der Waals surface area contributed by atoms with E-state index in [4.69, 9.17) is 25.8 Å². The molecule has 0 saturated carbocycles. The number of anilines is 2. The molecule has 4 aromatic rings. The maximum Gasteiger partial charge on any atom is 0.264 e. The predicted octanol–water partition coefficient (Wildman–Crippen LogP) is 5.03. The van der Waals surface area contributed by atoms with E-state index in [0.29, 0.717) is 22.7 Å². The summed E-state index contributed by atoms with van der Waals surface area (Å²) in [6, 6.07) is 24.3. The number of aryl methyl sites for hydroxylation is 1. The van der Waals surface area contributed by atoms with Crippen LogP contribution in [0.1, 0.15) is 11.1 Å². The number of carbonyl (C=O) groups is 2. The van der Waals surface area contributed by atoms with E-state index in [1.807, 2.05) is 6.92 Å². The Morgan fingerprint density at radius 1 is 0.867 bits per heavy atom. The van der Waals surface area contributed by atoms with Gasteiger partial charge in [-0.1, -0.05) is 29.3 Å². The minimum atomic E-state index is -4.20. The summed E-state index contributed by atoms with van der Waals surface area (Å²) in [7, 11) is -1.24. The van der Waals surface area contributed by atoms with Gasteiger partial charge in [0.15, 0.2) is 6.61 Å². The number of hydrazone groups is 1. The summed E-state index contributed by atoms with van der Waals surface area (Å²) >= 11 is 6.18. The summed E-state index contributed by atoms with van der Waals surface area (Å²) < 4.78 is 44.2. The van der Waals surface area contributed by atoms with Crippen LogP contribution in [-0.4, -0.2) is 53.8 Å². The van der Waals surface area contributed by atoms with Crippen molar-refractivity contribution in [1.82, 2.24) is 5.43 Å². The van der Waals surface area contributed by atoms with E-state index in [1.165, 1.54) is 37.6 Å². The third-order valence-electron chi connectivity index (χ3n) is 6.33. The number of methoxy groups -OCH3 is 2. The summed E-state index contributed by atoms with van der Waals surface area (Å²) in [6.07, 6.45) is 1.39. The van der Waals surface area contributed by atoms with Crippen LogP contribution in [0.15, 0.2) is 101 Å². The number of halogens is 1. The fourth-order valence-electron chi connectivity index (χ4n) is 4.01. The molecule has 45 heavy (non-hydrogen) atoms. The number of nitrogens with zero attached hydrogens (tertiary/aromatic N) is 2. The van der Waals surface area contributed by atoms with E-state index in [1.54, 1.807) is 73.8 Å². The van der Waals surface area contributed by atoms with Gasteiger partial charge in [-0.3, -0.25) is 13.9 Å². The molecule has 13 heteroatoms. The average molecular weight is 651 g/mol. The molecule has 2 amide bonds. The van der Waals surface area contributed by atoms with Crippen LogP contribution < -0.4 is 29.3 Å². The molecular formula is C32H31ClN4O7S. The van der Waals surface area contributed by atoms with Crippen molar-refractivity contribution in [3.63, 3.8) is 0 Å². The molecule has 0 fully saturated rings. The lowest BCUT2D eigenvalue weighted by molar-refractivity contribution is -0.119. The van der Waals surface area contributed by atoms with Crippen molar-refractivity contribution in [3.8, 4) is 17.2 Å². The van der Waals surface area contributed by atoms with E-state index in [-0.39, 0.29) is 33.9 Å². The fraction of sp³-hybridized carbons (Fsp3) is 0.156. The molecule has 0 bridgehead atoms. The highest BCUT2D eigenvalue weighted by molar-refractivity contribution is 7.92. The molecule has 0 aliphatic rings. The minimum Gasteiger partial charge on any atom is -0.497 e. The maximum absolute atomic E-state index is 13.7. The molecule has 0 heterocycles. The summed E-state index contributed by atoms with van der Waals surface area (Å²) in [5, 5.41) is 6.95. The predicted molar refractivity (Wildman–Crippen MR) is 173 cm³/mol. The first-order valence-corrected chi connectivity index (χ1v) is 15.3. The van der Waals surface area contributed by atoms with E-state index in [2.05, 4.69) is 15.8 Å². The number of hydrogen-bond donors (Lipinski definition) is 2. The molecule has 11 nitrogen and oxygen atoms in total. The minimum absolute atomic E-state index is 0.00745. The van der Waals surface area contributed by atoms with Gasteiger partial charge in [-0.25, -0.2) is 13.8 Å². The van der Waals surface area contributed by atoms with Crippen molar-refractivity contribution < 1.29 is 32.2 Å². The van der Waals surface area contributed by atoms with E-state index < -0.39 is 22.5 Å². The van der Waals surface area contributed by atoms with Crippen LogP contribution in [0.4, 0.5) is 11.4 Å². The lowest BCUT2D eigenvalue weighted by Crippen LogP contribution is -2.39. The van der Waals surface area contributed by atoms with Gasteiger partial charge in [-0.15, -0.1) is 0 Å². The Bertz CT molecular complexity index is 1760. The normalized spacial score (nSPS) is 11.1. The molecule has 0 aliphatic heterocycles. The third kappa shape index (κ3) is 8.97. The van der Waals surface area contributed by atoms with Crippen LogP contribution in [0, 0.1) is 6.92 Å². The summed E-state index contributed by atoms with van der Waals surface area (Å²) in [4.78, 5) is 25.1. The van der Waals surface area contributed by atoms with Gasteiger partial charge in [0, 0.05) is 10.7 Å². The summed E-state index contributed by atoms with van der Waals surface area (Å²) in [5.74, 6) is 0.313. The molecular weight excluding hydrogens is 620 g/mol. The van der Waals surface area contributed by atoms with Crippen molar-refractivity contribution in [3.05, 3.63) is 107 Å². The number of ether oxygens (including phenoxy) is 3. The van der Waals surface area contributed by atoms with Gasteiger partial charge < -0.3 is 19.5 Å². The van der Waals surface area contributed by atoms with Gasteiger partial charge >= 0.3 is 0 Å². The highest BCUT2D eigenvalue weighted by Gasteiger charge is 2.29. The second-order valence-electron chi connectivity index (χ2n) is 9.57. The van der Waals surface area contributed by atoms with Crippen LogP contribution >= 0.6 is 11.6 Å². The van der Waals surface area contributed by atoms with E-state index in [9.17, 15) is 18.0 Å². The topological polar surface area (TPSA) is 136 Å². The Morgan fingerprint density at radius 3 is 2.18 bits per heavy atom. The van der Waals surface area contributed by atoms with E-state index >= 15 is 0 Å². The third-order valence-corrected chi connectivity index (χ3v) is 8.34. The van der Waals surface area contributed by atoms with Crippen molar-refractivity contribution in [2.24, 2.45) is 5.10 Å². The molecule has 0 atom stereocenters. The van der Waals surface area contributed by atoms with Gasteiger partial charge in [-0.2, -0.15) is 5.10 Å². The van der Waals surface area contributed by atoms with Gasteiger partial charge in [0.1, 0.15) is 23.8 Å². The van der Waals surface area contributed by atoms with Gasteiger partial charge in [0.2, 0.25) is 0 Å². The van der Waals surface area contributed by atoms with Crippen LogP contribution in [-0.2, 0) is 19.6 Å². The Hall–Kier alpha value is -5.07. The number of nitrogens with one attached hydrogen (secondary N) is 2. The zero-order chi connectivity index (χ0) is 32.4. The number of rotatable bonds is 13. The number of hydrogen-bond acceptors (Lipinski definition) is 8. The molecule has 0 aromatic heterocycles. The quantitative estimate of drug-likeness (QED) is 0.153. The molecule has 0 spiro atoms. The van der Waals surface area contributed by atoms with Crippen LogP contribution in [0.2, 0.25) is 5.02 Å². The maximum atomic E-state index is 13.7. The number of carbonyl (C=O) groups excluding carboxylic acids is 2. The second kappa shape index (κ2) is 15.1. The zero-order valence-electron chi connectivity index (χ0n) is 24.7. The molecule has 234 valence electrons. The van der Waals surface area contributed by atoms with Crippen molar-refractivity contribution in [1.29, 1.82) is 0 Å². The average Bonchev–Trinajstić information content (AvgIpc) is 3.03. The van der Waals surface area contributed by atoms with Gasteiger partial charge in [0.25, 0.3) is 21.8 Å². The monoisotopic (exact) mass is 650 g/mol. The molecule has 0 saturated heterocycles. The number of amides is 2. The first-order valence-electron chi connectivity index (χ1n) is 13.5. The molecule has 0 aliphatic carbocycles. The SMILES string of the molecule is COc1ccc(NC(=O)COc2ccc(/C=N\NC(=O)CN(c3cc(Cl)ccc3OC)S(=O)(=O)c3ccc(C)cc3)cc2)cc1. The Morgan fingerprint density at radius 2 is 1.53 bits per heavy atom. The summed E-state index contributed by atoms with van der Waals surface area (Å²) in [5.41, 5.74) is 4.56. The number of sulfonamides is 1. The molecule has 4 rings (SSSR count). The lowest BCUT2D eigenvalue weighted by atomic mass is 10.2. The highest BCUT2D eigenvalue weighted by atomic mass is 35.5. The highest BCUT2D eigenvalue weighted by Crippen LogP contribution is 2.34. The van der Waals surface area contributed by atoms with Crippen LogP contribution in [0.3, 0.4) is 0 Å². The van der Waals surface area contributed by atoms with E-state index in [0.717, 1.165) is 9.87 Å². The smallest absolute Gasteiger partial charge is 0.264 e. The lowest BCUT2D eigenvalue weighted by Gasteiger charge is -2.25. The van der Waals surface area contributed by atoms with Crippen LogP contribution in [0.25, 0.3) is 0 Å². The van der Waals surface area contributed by atoms with Crippen molar-refractivity contribution in [2.45, 2.75) is 11.8 Å².